The third-order valence-electron chi connectivity index (χ3n) is 3.56. The first kappa shape index (κ1) is 11.9. The summed E-state index contributed by atoms with van der Waals surface area (Å²) in [6.07, 6.45) is 0. The Labute approximate surface area is 76.7 Å². The fourth-order valence-electron chi connectivity index (χ4n) is 1.24. The lowest BCUT2D eigenvalue weighted by molar-refractivity contribution is 0.144. The van der Waals surface area contributed by atoms with E-state index in [0.717, 1.165) is 0 Å². The summed E-state index contributed by atoms with van der Waals surface area (Å²) in [5.41, 5.74) is 11.8. The Morgan fingerprint density at radius 3 is 1.00 bits per heavy atom. The maximum Gasteiger partial charge on any atom is 0.0331 e. The van der Waals surface area contributed by atoms with Crippen molar-refractivity contribution in [2.24, 2.45) is 23.3 Å². The smallest absolute Gasteiger partial charge is 0.0331 e. The van der Waals surface area contributed by atoms with Crippen LogP contribution in [0.4, 0.5) is 0 Å². The van der Waals surface area contributed by atoms with E-state index in [9.17, 15) is 0 Å². The van der Waals surface area contributed by atoms with Crippen LogP contribution in [0.2, 0.25) is 0 Å². The van der Waals surface area contributed by atoms with E-state index in [1.807, 2.05) is 13.8 Å². The quantitative estimate of drug-likeness (QED) is 0.681. The molecule has 2 heteroatoms. The fourth-order valence-corrected chi connectivity index (χ4v) is 1.24. The number of hydrogen-bond acceptors (Lipinski definition) is 2. The van der Waals surface area contributed by atoms with Crippen molar-refractivity contribution in [2.75, 3.05) is 0 Å². The third kappa shape index (κ3) is 1.80. The van der Waals surface area contributed by atoms with Crippen molar-refractivity contribution in [1.29, 1.82) is 0 Å². The van der Waals surface area contributed by atoms with E-state index in [1.165, 1.54) is 0 Å². The first-order valence-corrected chi connectivity index (χ1v) is 4.71. The van der Waals surface area contributed by atoms with E-state index in [2.05, 4.69) is 27.7 Å². The molecule has 0 aromatic heterocycles. The Morgan fingerprint density at radius 1 is 0.750 bits per heavy atom. The highest BCUT2D eigenvalue weighted by molar-refractivity contribution is 5.04. The number of rotatable bonds is 3. The van der Waals surface area contributed by atoms with Gasteiger partial charge in [0.05, 0.1) is 0 Å². The maximum absolute atomic E-state index is 6.21. The molecule has 0 fully saturated rings. The summed E-state index contributed by atoms with van der Waals surface area (Å²) >= 11 is 0. The molecule has 0 aromatic carbocycles. The molecular formula is C10H24N2. The van der Waals surface area contributed by atoms with Crippen LogP contribution in [0.5, 0.6) is 0 Å². The molecule has 74 valence electrons. The van der Waals surface area contributed by atoms with E-state index in [-0.39, 0.29) is 11.1 Å². The highest BCUT2D eigenvalue weighted by atomic mass is 14.9. The lowest BCUT2D eigenvalue weighted by Gasteiger charge is -2.47. The molecule has 0 amide bonds. The van der Waals surface area contributed by atoms with Crippen LogP contribution in [0.25, 0.3) is 0 Å². The minimum Gasteiger partial charge on any atom is -0.324 e. The molecule has 0 bridgehead atoms. The van der Waals surface area contributed by atoms with Gasteiger partial charge in [0, 0.05) is 11.1 Å². The van der Waals surface area contributed by atoms with Gasteiger partial charge in [0.2, 0.25) is 0 Å². The zero-order valence-corrected chi connectivity index (χ0v) is 9.31. The summed E-state index contributed by atoms with van der Waals surface area (Å²) < 4.78 is 0. The van der Waals surface area contributed by atoms with E-state index >= 15 is 0 Å². The van der Waals surface area contributed by atoms with Gasteiger partial charge in [-0.15, -0.1) is 0 Å². The van der Waals surface area contributed by atoms with Gasteiger partial charge in [0.15, 0.2) is 0 Å². The van der Waals surface area contributed by atoms with Gasteiger partial charge in [-0.2, -0.15) is 0 Å². The molecule has 2 atom stereocenters. The van der Waals surface area contributed by atoms with E-state index in [0.29, 0.717) is 11.8 Å². The molecule has 2 nitrogen and oxygen atoms in total. The Morgan fingerprint density at radius 2 is 0.917 bits per heavy atom. The first-order valence-electron chi connectivity index (χ1n) is 4.71. The van der Waals surface area contributed by atoms with Crippen molar-refractivity contribution < 1.29 is 0 Å². The fraction of sp³-hybridized carbons (Fsp3) is 1.00. The van der Waals surface area contributed by atoms with Crippen molar-refractivity contribution in [2.45, 2.75) is 52.6 Å². The van der Waals surface area contributed by atoms with E-state index < -0.39 is 0 Å². The monoisotopic (exact) mass is 172 g/mol. The summed E-state index contributed by atoms with van der Waals surface area (Å²) in [5, 5.41) is 0. The van der Waals surface area contributed by atoms with Gasteiger partial charge in [0.1, 0.15) is 0 Å². The van der Waals surface area contributed by atoms with Gasteiger partial charge in [-0.1, -0.05) is 27.7 Å². The highest BCUT2D eigenvalue weighted by Crippen LogP contribution is 2.30. The summed E-state index contributed by atoms with van der Waals surface area (Å²) in [4.78, 5) is 0. The van der Waals surface area contributed by atoms with Gasteiger partial charge in [-0.3, -0.25) is 0 Å². The Balaban J connectivity index is 4.75. The van der Waals surface area contributed by atoms with Crippen LogP contribution in [0.3, 0.4) is 0 Å². The highest BCUT2D eigenvalue weighted by Gasteiger charge is 2.42. The molecule has 4 N–H and O–H groups in total. The van der Waals surface area contributed by atoms with Crippen molar-refractivity contribution in [3.8, 4) is 0 Å². The molecule has 0 aliphatic carbocycles. The Hall–Kier alpha value is -0.0800. The SMILES string of the molecule is CC(C)C(C)(N)C(C)(N)C(C)C. The normalized spacial score (nSPS) is 22.5. The topological polar surface area (TPSA) is 52.0 Å². The second-order valence-electron chi connectivity index (χ2n) is 4.87. The van der Waals surface area contributed by atoms with Gasteiger partial charge in [0.25, 0.3) is 0 Å². The summed E-state index contributed by atoms with van der Waals surface area (Å²) in [6.45, 7) is 12.6. The van der Waals surface area contributed by atoms with Gasteiger partial charge >= 0.3 is 0 Å². The molecule has 0 heterocycles. The lowest BCUT2D eigenvalue weighted by Crippen LogP contribution is -2.67. The van der Waals surface area contributed by atoms with Crippen LogP contribution in [-0.2, 0) is 0 Å². The van der Waals surface area contributed by atoms with Crippen molar-refractivity contribution in [3.05, 3.63) is 0 Å². The maximum atomic E-state index is 6.21. The largest absolute Gasteiger partial charge is 0.324 e. The Bertz CT molecular complexity index is 128. The van der Waals surface area contributed by atoms with Crippen LogP contribution in [0.15, 0.2) is 0 Å². The molecule has 0 saturated heterocycles. The van der Waals surface area contributed by atoms with Crippen LogP contribution in [0, 0.1) is 11.8 Å². The van der Waals surface area contributed by atoms with Crippen LogP contribution in [-0.4, -0.2) is 11.1 Å². The molecule has 0 spiro atoms. The van der Waals surface area contributed by atoms with Gasteiger partial charge < -0.3 is 11.5 Å². The van der Waals surface area contributed by atoms with E-state index in [4.69, 9.17) is 11.5 Å². The molecule has 0 saturated carbocycles. The van der Waals surface area contributed by atoms with E-state index in [1.54, 1.807) is 0 Å². The first-order chi connectivity index (χ1) is 5.14. The van der Waals surface area contributed by atoms with Crippen molar-refractivity contribution >= 4 is 0 Å². The van der Waals surface area contributed by atoms with Gasteiger partial charge in [-0.25, -0.2) is 0 Å². The predicted octanol–water partition coefficient (Wildman–Crippen LogP) is 1.73. The summed E-state index contributed by atoms with van der Waals surface area (Å²) in [6, 6.07) is 0. The predicted molar refractivity (Wildman–Crippen MR) is 54.9 cm³/mol. The van der Waals surface area contributed by atoms with Crippen LogP contribution in [0.1, 0.15) is 41.5 Å². The molecule has 0 radical (unpaired) electrons. The average Bonchev–Trinajstić information content (AvgIpc) is 1.86. The van der Waals surface area contributed by atoms with Crippen LogP contribution >= 0.6 is 0 Å². The molecular weight excluding hydrogens is 148 g/mol. The number of hydrogen-bond donors (Lipinski definition) is 2. The minimum absolute atomic E-state index is 0.304. The average molecular weight is 172 g/mol. The second kappa shape index (κ2) is 3.35. The zero-order chi connectivity index (χ0) is 10.2. The Kier molecular flexibility index (Phi) is 3.32. The van der Waals surface area contributed by atoms with Gasteiger partial charge in [-0.05, 0) is 25.7 Å². The minimum atomic E-state index is -0.304. The summed E-state index contributed by atoms with van der Waals surface area (Å²) in [7, 11) is 0. The van der Waals surface area contributed by atoms with Crippen molar-refractivity contribution in [3.63, 3.8) is 0 Å². The lowest BCUT2D eigenvalue weighted by atomic mass is 9.68. The van der Waals surface area contributed by atoms with Crippen LogP contribution < -0.4 is 11.5 Å². The second-order valence-corrected chi connectivity index (χ2v) is 4.87. The molecule has 0 rings (SSSR count). The molecule has 0 aliphatic rings. The van der Waals surface area contributed by atoms with Crippen molar-refractivity contribution in [1.82, 2.24) is 0 Å². The molecule has 0 aliphatic heterocycles. The summed E-state index contributed by atoms with van der Waals surface area (Å²) in [5.74, 6) is 0.796. The molecule has 12 heavy (non-hydrogen) atoms. The molecule has 0 aromatic rings. The number of nitrogens with two attached hydrogens (primary N) is 2. The standard InChI is InChI=1S/C10H24N2/c1-7(2)9(5,11)10(6,12)8(3)4/h7-8H,11-12H2,1-6H3. The zero-order valence-electron chi connectivity index (χ0n) is 9.31. The molecule has 2 unspecified atom stereocenters. The third-order valence-corrected chi connectivity index (χ3v) is 3.56.